The second kappa shape index (κ2) is 11.2. The molecule has 0 saturated carbocycles. The number of halogens is 6. The Morgan fingerprint density at radius 1 is 0.925 bits per heavy atom. The van der Waals surface area contributed by atoms with Crippen LogP contribution in [0.25, 0.3) is 0 Å². The molecule has 1 amide bonds. The summed E-state index contributed by atoms with van der Waals surface area (Å²) in [5, 5.41) is 0. The highest BCUT2D eigenvalue weighted by Gasteiger charge is 2.60. The van der Waals surface area contributed by atoms with Gasteiger partial charge >= 0.3 is 18.4 Å². The van der Waals surface area contributed by atoms with E-state index in [2.05, 4.69) is 32.7 Å². The van der Waals surface area contributed by atoms with Crippen LogP contribution in [0, 0.1) is 6.92 Å². The van der Waals surface area contributed by atoms with Gasteiger partial charge in [-0.05, 0) is 62.4 Å². The lowest BCUT2D eigenvalue weighted by Crippen LogP contribution is -2.54. The molecule has 3 aliphatic heterocycles. The Morgan fingerprint density at radius 2 is 1.52 bits per heavy atom. The van der Waals surface area contributed by atoms with Gasteiger partial charge in [0.1, 0.15) is 0 Å². The number of alkyl halides is 6. The highest BCUT2D eigenvalue weighted by Crippen LogP contribution is 2.41. The number of ether oxygens (including phenoxy) is 1. The van der Waals surface area contributed by atoms with Gasteiger partial charge in [-0.15, -0.1) is 0 Å². The van der Waals surface area contributed by atoms with Crippen LogP contribution in [0.3, 0.4) is 0 Å². The molecule has 3 saturated heterocycles. The van der Waals surface area contributed by atoms with Gasteiger partial charge in [-0.1, -0.05) is 6.07 Å². The molecular formula is C25H34F6N4O4S. The molecule has 226 valence electrons. The van der Waals surface area contributed by atoms with Crippen molar-refractivity contribution in [3.8, 4) is 0 Å². The Labute approximate surface area is 229 Å². The number of amides is 1. The zero-order chi connectivity index (χ0) is 29.5. The van der Waals surface area contributed by atoms with Crippen molar-refractivity contribution in [2.75, 3.05) is 57.0 Å². The number of rotatable bonds is 5. The first-order valence-electron chi connectivity index (χ1n) is 13.1. The van der Waals surface area contributed by atoms with Crippen LogP contribution in [0.4, 0.5) is 36.8 Å². The van der Waals surface area contributed by atoms with Crippen molar-refractivity contribution >= 4 is 21.8 Å². The molecule has 0 bridgehead atoms. The van der Waals surface area contributed by atoms with E-state index in [-0.39, 0.29) is 18.6 Å². The van der Waals surface area contributed by atoms with Crippen molar-refractivity contribution in [3.05, 3.63) is 29.3 Å². The second-order valence-electron chi connectivity index (χ2n) is 10.9. The Bertz CT molecular complexity index is 1160. The van der Waals surface area contributed by atoms with E-state index in [0.717, 1.165) is 41.1 Å². The molecule has 8 nitrogen and oxygen atoms in total. The number of carbonyl (C=O) groups excluding carboxylic acids is 1. The lowest BCUT2D eigenvalue weighted by atomic mass is 9.85. The van der Waals surface area contributed by atoms with Crippen LogP contribution in [0.1, 0.15) is 36.8 Å². The first-order valence-corrected chi connectivity index (χ1v) is 15.0. The Morgan fingerprint density at radius 3 is 2.08 bits per heavy atom. The summed E-state index contributed by atoms with van der Waals surface area (Å²) < 4.78 is 106. The van der Waals surface area contributed by atoms with Gasteiger partial charge in [-0.25, -0.2) is 13.2 Å². The maximum Gasteiger partial charge on any atom is 0.434 e. The van der Waals surface area contributed by atoms with E-state index in [9.17, 15) is 39.6 Å². The molecular weight excluding hydrogens is 566 g/mol. The van der Waals surface area contributed by atoms with Gasteiger partial charge in [0.25, 0.3) is 6.10 Å². The van der Waals surface area contributed by atoms with E-state index < -0.39 is 34.6 Å². The third kappa shape index (κ3) is 6.96. The minimum atomic E-state index is -5.75. The third-order valence-electron chi connectivity index (χ3n) is 8.07. The quantitative estimate of drug-likeness (QED) is 0.474. The summed E-state index contributed by atoms with van der Waals surface area (Å²) in [5.41, 5.74) is 2.79. The molecule has 1 aromatic carbocycles. The molecule has 0 unspecified atom stereocenters. The van der Waals surface area contributed by atoms with Gasteiger partial charge in [0.15, 0.2) is 0 Å². The van der Waals surface area contributed by atoms with Gasteiger partial charge in [-0.2, -0.15) is 30.6 Å². The maximum atomic E-state index is 12.8. The summed E-state index contributed by atoms with van der Waals surface area (Å²) in [6.45, 7) is 5.32. The summed E-state index contributed by atoms with van der Waals surface area (Å²) in [6.07, 6.45) is -13.5. The number of piperidine rings is 1. The van der Waals surface area contributed by atoms with E-state index in [1.165, 1.54) is 10.6 Å². The molecule has 0 N–H and O–H groups in total. The first kappa shape index (κ1) is 30.7. The lowest BCUT2D eigenvalue weighted by molar-refractivity contribution is -0.308. The lowest BCUT2D eigenvalue weighted by Gasteiger charge is -2.45. The molecule has 3 fully saturated rings. The van der Waals surface area contributed by atoms with Crippen molar-refractivity contribution in [2.45, 2.75) is 63.1 Å². The molecule has 0 aliphatic carbocycles. The second-order valence-corrected chi connectivity index (χ2v) is 12.9. The summed E-state index contributed by atoms with van der Waals surface area (Å²) in [6, 6.07) is 6.21. The minimum absolute atomic E-state index is 0.00144. The highest BCUT2D eigenvalue weighted by atomic mass is 32.2. The molecule has 40 heavy (non-hydrogen) atoms. The molecule has 15 heteroatoms. The van der Waals surface area contributed by atoms with Gasteiger partial charge in [0.05, 0.1) is 6.26 Å². The fourth-order valence-corrected chi connectivity index (χ4v) is 6.85. The van der Waals surface area contributed by atoms with Crippen LogP contribution >= 0.6 is 0 Å². The van der Waals surface area contributed by atoms with E-state index in [1.54, 1.807) is 0 Å². The maximum absolute atomic E-state index is 12.8. The highest BCUT2D eigenvalue weighted by molar-refractivity contribution is 7.88. The summed E-state index contributed by atoms with van der Waals surface area (Å²) >= 11 is 0. The summed E-state index contributed by atoms with van der Waals surface area (Å²) in [5.74, 6) is 0. The fourth-order valence-electron chi connectivity index (χ4n) is 6.02. The zero-order valence-electron chi connectivity index (χ0n) is 22.4. The number of anilines is 1. The van der Waals surface area contributed by atoms with Crippen molar-refractivity contribution in [3.63, 3.8) is 0 Å². The topological polar surface area (TPSA) is 73.4 Å². The summed E-state index contributed by atoms with van der Waals surface area (Å²) in [4.78, 5) is 17.6. The number of piperazine rings is 1. The number of carbonyl (C=O) groups is 1. The van der Waals surface area contributed by atoms with Crippen LogP contribution in [0.2, 0.25) is 0 Å². The minimum Gasteiger partial charge on any atom is -0.426 e. The van der Waals surface area contributed by atoms with Gasteiger partial charge in [0.2, 0.25) is 10.0 Å². The molecule has 0 atom stereocenters. The normalized spacial score (nSPS) is 21.4. The number of hydrogen-bond donors (Lipinski definition) is 0. The molecule has 0 radical (unpaired) electrons. The Hall–Kier alpha value is -2.26. The standard InChI is InChI=1S/C25H34F6N4O4S/c1-18-14-19(16-20(15-18)32-10-12-35(13-11-32)40(2,37)38)17-34-7-3-4-23(34)5-8-33(9-6-23)22(36)39-21(24(26,27)28)25(29,30)31/h14-16,21H,3-13,17H2,1-2H3. The largest absolute Gasteiger partial charge is 0.434 e. The third-order valence-corrected chi connectivity index (χ3v) is 9.38. The van der Waals surface area contributed by atoms with Crippen molar-refractivity contribution < 1.29 is 44.3 Å². The average Bonchev–Trinajstić information content (AvgIpc) is 3.21. The average molecular weight is 601 g/mol. The molecule has 3 aliphatic rings. The Kier molecular flexibility index (Phi) is 8.59. The number of aryl methyl sites for hydroxylation is 1. The van der Waals surface area contributed by atoms with Gasteiger partial charge in [0, 0.05) is 57.0 Å². The van der Waals surface area contributed by atoms with Crippen molar-refractivity contribution in [1.82, 2.24) is 14.1 Å². The van der Waals surface area contributed by atoms with Gasteiger partial charge < -0.3 is 14.5 Å². The molecule has 3 heterocycles. The number of benzene rings is 1. The molecule has 4 rings (SSSR count). The van der Waals surface area contributed by atoms with Crippen LogP contribution in [-0.4, -0.2) is 105 Å². The molecule has 1 spiro atoms. The number of likely N-dealkylation sites (tertiary alicyclic amines) is 2. The van der Waals surface area contributed by atoms with Gasteiger partial charge in [-0.3, -0.25) is 4.90 Å². The van der Waals surface area contributed by atoms with Crippen molar-refractivity contribution in [2.24, 2.45) is 0 Å². The SMILES string of the molecule is Cc1cc(CN2CCCC23CCN(C(=O)OC(C(F)(F)F)C(F)(F)F)CC3)cc(N2CCN(S(C)(=O)=O)CC2)c1. The van der Waals surface area contributed by atoms with E-state index in [0.29, 0.717) is 45.6 Å². The number of nitrogens with zero attached hydrogens (tertiary/aromatic N) is 4. The van der Waals surface area contributed by atoms with Crippen LogP contribution in [-0.2, 0) is 21.3 Å². The fraction of sp³-hybridized carbons (Fsp3) is 0.720. The predicted octanol–water partition coefficient (Wildman–Crippen LogP) is 4.14. The monoisotopic (exact) mass is 600 g/mol. The smallest absolute Gasteiger partial charge is 0.426 e. The van der Waals surface area contributed by atoms with Crippen LogP contribution in [0.5, 0.6) is 0 Å². The zero-order valence-corrected chi connectivity index (χ0v) is 23.2. The Balaban J connectivity index is 1.39. The van der Waals surface area contributed by atoms with Crippen molar-refractivity contribution in [1.29, 1.82) is 0 Å². The molecule has 0 aromatic heterocycles. The molecule has 1 aromatic rings. The van der Waals surface area contributed by atoms with E-state index >= 15 is 0 Å². The van der Waals surface area contributed by atoms with Crippen LogP contribution in [0.15, 0.2) is 18.2 Å². The van der Waals surface area contributed by atoms with Crippen LogP contribution < -0.4 is 4.90 Å². The predicted molar refractivity (Wildman–Crippen MR) is 135 cm³/mol. The summed E-state index contributed by atoms with van der Waals surface area (Å²) in [7, 11) is -3.24. The first-order chi connectivity index (χ1) is 18.5. The van der Waals surface area contributed by atoms with E-state index in [4.69, 9.17) is 0 Å². The van der Waals surface area contributed by atoms with E-state index in [1.807, 2.05) is 6.92 Å². The number of sulfonamides is 1. The number of hydrogen-bond acceptors (Lipinski definition) is 6.